The lowest BCUT2D eigenvalue weighted by atomic mass is 10.1. The van der Waals surface area contributed by atoms with Gasteiger partial charge in [-0.15, -0.1) is 0 Å². The quantitative estimate of drug-likeness (QED) is 0.0272. The standard InChI is InChI=1S/C45H83O8P/c1-3-5-7-9-11-13-15-17-19-20-21-22-23-24-26-27-29-31-33-35-37-39-44(46)51-41-43(42-52-54(48,49)50)53-45(47)40-38-36-34-32-30-28-25-18-16-14-12-10-8-6-4-2/h12,14,18,20-21,25,43H,3-11,13,15-17,19,22-24,26-42H2,1-2H3,(H2,48,49,50)/b14-12-,21-20-,25-18-. The largest absolute Gasteiger partial charge is 0.469 e. The number of unbranched alkanes of at least 4 members (excludes halogenated alkanes) is 25. The molecule has 54 heavy (non-hydrogen) atoms. The first-order valence-corrected chi connectivity index (χ1v) is 23.8. The van der Waals surface area contributed by atoms with Crippen LogP contribution in [0.25, 0.3) is 0 Å². The second-order valence-corrected chi connectivity index (χ2v) is 16.3. The molecule has 0 radical (unpaired) electrons. The van der Waals surface area contributed by atoms with Gasteiger partial charge in [-0.25, -0.2) is 4.57 Å². The molecule has 0 bridgehead atoms. The molecule has 1 unspecified atom stereocenters. The number of carbonyl (C=O) groups excluding carboxylic acids is 2. The first-order chi connectivity index (χ1) is 26.3. The van der Waals surface area contributed by atoms with Gasteiger partial charge in [-0.3, -0.25) is 14.1 Å². The van der Waals surface area contributed by atoms with Crippen LogP contribution in [-0.4, -0.2) is 41.0 Å². The monoisotopic (exact) mass is 783 g/mol. The zero-order chi connectivity index (χ0) is 39.6. The van der Waals surface area contributed by atoms with Gasteiger partial charge < -0.3 is 19.3 Å². The van der Waals surface area contributed by atoms with E-state index >= 15 is 0 Å². The molecule has 2 N–H and O–H groups in total. The van der Waals surface area contributed by atoms with Crippen LogP contribution in [0, 0.1) is 0 Å². The lowest BCUT2D eigenvalue weighted by Gasteiger charge is -2.18. The number of allylic oxidation sites excluding steroid dienone is 6. The highest BCUT2D eigenvalue weighted by atomic mass is 31.2. The molecule has 0 aliphatic carbocycles. The smallest absolute Gasteiger partial charge is 0.462 e. The number of esters is 2. The molecule has 0 saturated carbocycles. The summed E-state index contributed by atoms with van der Waals surface area (Å²) in [7, 11) is -4.76. The molecule has 0 amide bonds. The minimum Gasteiger partial charge on any atom is -0.462 e. The molecule has 0 aromatic rings. The van der Waals surface area contributed by atoms with Crippen LogP contribution in [0.1, 0.15) is 219 Å². The minimum atomic E-state index is -4.76. The summed E-state index contributed by atoms with van der Waals surface area (Å²) in [5, 5.41) is 0. The molecule has 1 atom stereocenters. The van der Waals surface area contributed by atoms with Crippen molar-refractivity contribution in [1.82, 2.24) is 0 Å². The summed E-state index contributed by atoms with van der Waals surface area (Å²) >= 11 is 0. The van der Waals surface area contributed by atoms with E-state index in [9.17, 15) is 14.2 Å². The Kier molecular flexibility index (Phi) is 39.6. The van der Waals surface area contributed by atoms with Crippen molar-refractivity contribution in [2.24, 2.45) is 0 Å². The Morgan fingerprint density at radius 3 is 1.28 bits per heavy atom. The summed E-state index contributed by atoms with van der Waals surface area (Å²) in [6.07, 6.45) is 48.7. The van der Waals surface area contributed by atoms with E-state index in [1.165, 1.54) is 128 Å². The van der Waals surface area contributed by atoms with E-state index in [0.29, 0.717) is 6.42 Å². The minimum absolute atomic E-state index is 0.196. The van der Waals surface area contributed by atoms with Crippen LogP contribution in [0.4, 0.5) is 0 Å². The number of rotatable bonds is 41. The Labute approximate surface area is 332 Å². The summed E-state index contributed by atoms with van der Waals surface area (Å²) in [6.45, 7) is 3.66. The summed E-state index contributed by atoms with van der Waals surface area (Å²) < 4.78 is 26.4. The van der Waals surface area contributed by atoms with Gasteiger partial charge in [-0.1, -0.05) is 172 Å². The van der Waals surface area contributed by atoms with E-state index in [2.05, 4.69) is 54.8 Å². The highest BCUT2D eigenvalue weighted by Crippen LogP contribution is 2.36. The second-order valence-electron chi connectivity index (χ2n) is 15.0. The fraction of sp³-hybridized carbons (Fsp3) is 0.822. The number of phosphoric acid groups is 1. The van der Waals surface area contributed by atoms with Crippen molar-refractivity contribution in [2.75, 3.05) is 13.2 Å². The highest BCUT2D eigenvalue weighted by molar-refractivity contribution is 7.46. The Balaban J connectivity index is 3.88. The molecule has 0 rings (SSSR count). The third kappa shape index (κ3) is 43.0. The zero-order valence-corrected chi connectivity index (χ0v) is 35.8. The van der Waals surface area contributed by atoms with Crippen LogP contribution in [-0.2, 0) is 28.2 Å². The molecule has 0 aliphatic rings. The van der Waals surface area contributed by atoms with Crippen LogP contribution < -0.4 is 0 Å². The van der Waals surface area contributed by atoms with Gasteiger partial charge >= 0.3 is 19.8 Å². The van der Waals surface area contributed by atoms with Crippen LogP contribution in [0.15, 0.2) is 36.5 Å². The third-order valence-electron chi connectivity index (χ3n) is 9.63. The highest BCUT2D eigenvalue weighted by Gasteiger charge is 2.22. The predicted molar refractivity (Wildman–Crippen MR) is 225 cm³/mol. The van der Waals surface area contributed by atoms with Gasteiger partial charge in [0.05, 0.1) is 6.61 Å². The molecule has 0 fully saturated rings. The van der Waals surface area contributed by atoms with Crippen molar-refractivity contribution in [2.45, 2.75) is 225 Å². The van der Waals surface area contributed by atoms with Crippen molar-refractivity contribution in [3.8, 4) is 0 Å². The van der Waals surface area contributed by atoms with Crippen molar-refractivity contribution in [1.29, 1.82) is 0 Å². The van der Waals surface area contributed by atoms with E-state index in [4.69, 9.17) is 19.3 Å². The van der Waals surface area contributed by atoms with Crippen LogP contribution in [0.3, 0.4) is 0 Å². The molecule has 9 heteroatoms. The van der Waals surface area contributed by atoms with Crippen LogP contribution >= 0.6 is 7.82 Å². The number of hydrogen-bond donors (Lipinski definition) is 2. The molecule has 0 heterocycles. The molecular weight excluding hydrogens is 699 g/mol. The van der Waals surface area contributed by atoms with Gasteiger partial charge in [-0.2, -0.15) is 0 Å². The topological polar surface area (TPSA) is 119 Å². The van der Waals surface area contributed by atoms with E-state index < -0.39 is 32.5 Å². The van der Waals surface area contributed by atoms with Crippen LogP contribution in [0.5, 0.6) is 0 Å². The Bertz CT molecular complexity index is 973. The third-order valence-corrected chi connectivity index (χ3v) is 10.1. The maximum Gasteiger partial charge on any atom is 0.469 e. The molecule has 0 aromatic heterocycles. The SMILES string of the molecule is CCCCC/C=C\C/C=C\CCCCCCCC(=O)OC(COC(=O)CCCCCCCCCCC/C=C\CCCCCCCCCC)COP(=O)(O)O. The zero-order valence-electron chi connectivity index (χ0n) is 34.9. The van der Waals surface area contributed by atoms with E-state index in [1.807, 2.05) is 0 Å². The molecule has 8 nitrogen and oxygen atoms in total. The number of ether oxygens (including phenoxy) is 2. The van der Waals surface area contributed by atoms with Gasteiger partial charge in [0, 0.05) is 12.8 Å². The Morgan fingerprint density at radius 2 is 0.833 bits per heavy atom. The number of phosphoric ester groups is 1. The van der Waals surface area contributed by atoms with Gasteiger partial charge in [0.2, 0.25) is 0 Å². The summed E-state index contributed by atoms with van der Waals surface area (Å²) in [5.41, 5.74) is 0. The van der Waals surface area contributed by atoms with E-state index in [-0.39, 0.29) is 19.4 Å². The summed E-state index contributed by atoms with van der Waals surface area (Å²) in [4.78, 5) is 42.9. The average Bonchev–Trinajstić information content (AvgIpc) is 3.14. The Hall–Kier alpha value is -1.73. The lowest BCUT2D eigenvalue weighted by molar-refractivity contribution is -0.161. The van der Waals surface area contributed by atoms with E-state index in [1.54, 1.807) is 0 Å². The Morgan fingerprint density at radius 1 is 0.481 bits per heavy atom. The average molecular weight is 783 g/mol. The first-order valence-electron chi connectivity index (χ1n) is 22.3. The van der Waals surface area contributed by atoms with Gasteiger partial charge in [0.15, 0.2) is 6.10 Å². The fourth-order valence-electron chi connectivity index (χ4n) is 6.28. The predicted octanol–water partition coefficient (Wildman–Crippen LogP) is 13.7. The molecular formula is C45H83O8P. The summed E-state index contributed by atoms with van der Waals surface area (Å²) in [6, 6.07) is 0. The molecule has 0 aliphatic heterocycles. The summed E-state index contributed by atoms with van der Waals surface area (Å²) in [5.74, 6) is -0.898. The molecule has 0 aromatic carbocycles. The second kappa shape index (κ2) is 40.9. The first kappa shape index (κ1) is 52.3. The van der Waals surface area contributed by atoms with Gasteiger partial charge in [0.25, 0.3) is 0 Å². The van der Waals surface area contributed by atoms with Crippen molar-refractivity contribution in [3.63, 3.8) is 0 Å². The normalized spacial score (nSPS) is 12.7. The van der Waals surface area contributed by atoms with E-state index in [0.717, 1.165) is 57.8 Å². The van der Waals surface area contributed by atoms with Gasteiger partial charge in [-0.05, 0) is 70.6 Å². The van der Waals surface area contributed by atoms with Crippen molar-refractivity contribution < 1.29 is 37.9 Å². The van der Waals surface area contributed by atoms with Gasteiger partial charge in [0.1, 0.15) is 6.61 Å². The number of hydrogen-bond acceptors (Lipinski definition) is 6. The molecule has 0 saturated heterocycles. The molecule has 0 spiro atoms. The van der Waals surface area contributed by atoms with Crippen molar-refractivity contribution in [3.05, 3.63) is 36.5 Å². The maximum atomic E-state index is 12.4. The molecule has 316 valence electrons. The number of carbonyl (C=O) groups is 2. The van der Waals surface area contributed by atoms with Crippen molar-refractivity contribution >= 4 is 19.8 Å². The van der Waals surface area contributed by atoms with Crippen LogP contribution in [0.2, 0.25) is 0 Å². The maximum absolute atomic E-state index is 12.4. The fourth-order valence-corrected chi connectivity index (χ4v) is 6.64. The lowest BCUT2D eigenvalue weighted by Crippen LogP contribution is -2.29.